The Kier molecular flexibility index (Phi) is 7.91. The Morgan fingerprint density at radius 1 is 0.907 bits per heavy atom. The Balaban J connectivity index is 1.59. The van der Waals surface area contributed by atoms with Crippen molar-refractivity contribution in [3.63, 3.8) is 0 Å². The standard InChI is InChI=1S/C31H24F4N4O3S/c1-43(41,42)29-24(20-7-3-2-4-8-20)14-15-25(28(29)32)37-30(40)27-17-26(21-10-12-22(13-11-21)31(33,34)35)38-39(27)23-9-5-6-19(16-23)18-36/h2-17H,18,36H2,1H3,(H,37,40). The molecule has 220 valence electrons. The molecule has 1 heterocycles. The van der Waals surface area contributed by atoms with E-state index in [1.54, 1.807) is 54.6 Å². The minimum Gasteiger partial charge on any atom is -0.326 e. The predicted molar refractivity (Wildman–Crippen MR) is 155 cm³/mol. The van der Waals surface area contributed by atoms with Crippen LogP contribution in [0.15, 0.2) is 102 Å². The molecule has 12 heteroatoms. The van der Waals surface area contributed by atoms with Crippen LogP contribution in [0.5, 0.6) is 0 Å². The van der Waals surface area contributed by atoms with Crippen LogP contribution in [-0.2, 0) is 22.6 Å². The van der Waals surface area contributed by atoms with Gasteiger partial charge in [0.2, 0.25) is 0 Å². The van der Waals surface area contributed by atoms with E-state index in [0.717, 1.165) is 24.0 Å². The molecule has 0 aliphatic carbocycles. The number of nitrogens with two attached hydrogens (primary N) is 1. The number of aromatic nitrogens is 2. The second-order valence-electron chi connectivity index (χ2n) is 9.67. The molecule has 0 fully saturated rings. The lowest BCUT2D eigenvalue weighted by Gasteiger charge is -2.14. The highest BCUT2D eigenvalue weighted by molar-refractivity contribution is 7.90. The molecule has 7 nitrogen and oxygen atoms in total. The van der Waals surface area contributed by atoms with E-state index >= 15 is 4.39 Å². The quantitative estimate of drug-likeness (QED) is 0.206. The molecular weight excluding hydrogens is 584 g/mol. The summed E-state index contributed by atoms with van der Waals surface area (Å²) in [6.07, 6.45) is -3.66. The van der Waals surface area contributed by atoms with Gasteiger partial charge in [-0.05, 0) is 47.5 Å². The number of hydrogen-bond donors (Lipinski definition) is 2. The number of amides is 1. The van der Waals surface area contributed by atoms with Crippen LogP contribution < -0.4 is 11.1 Å². The molecule has 0 saturated carbocycles. The number of carbonyl (C=O) groups is 1. The number of halogens is 4. The van der Waals surface area contributed by atoms with Gasteiger partial charge in [0.15, 0.2) is 15.7 Å². The lowest BCUT2D eigenvalue weighted by Crippen LogP contribution is -2.19. The summed E-state index contributed by atoms with van der Waals surface area (Å²) in [4.78, 5) is 13.0. The van der Waals surface area contributed by atoms with E-state index in [-0.39, 0.29) is 29.2 Å². The van der Waals surface area contributed by atoms with Gasteiger partial charge in [0, 0.05) is 23.9 Å². The molecule has 5 aromatic rings. The zero-order valence-corrected chi connectivity index (χ0v) is 23.4. The number of hydrogen-bond acceptors (Lipinski definition) is 5. The van der Waals surface area contributed by atoms with Crippen molar-refractivity contribution in [2.45, 2.75) is 17.6 Å². The SMILES string of the molecule is CS(=O)(=O)c1c(-c2ccccc2)ccc(NC(=O)c2cc(-c3ccc(C(F)(F)F)cc3)nn2-c2cccc(CN)c2)c1F. The number of anilines is 1. The highest BCUT2D eigenvalue weighted by Gasteiger charge is 2.30. The minimum absolute atomic E-state index is 0.0866. The summed E-state index contributed by atoms with van der Waals surface area (Å²) < 4.78 is 81.7. The third kappa shape index (κ3) is 6.20. The van der Waals surface area contributed by atoms with Crippen LogP contribution in [0.25, 0.3) is 28.1 Å². The maximum absolute atomic E-state index is 15.8. The highest BCUT2D eigenvalue weighted by Crippen LogP contribution is 2.34. The van der Waals surface area contributed by atoms with Crippen molar-refractivity contribution in [1.29, 1.82) is 0 Å². The summed E-state index contributed by atoms with van der Waals surface area (Å²) in [6.45, 7) is 0.190. The van der Waals surface area contributed by atoms with Crippen LogP contribution in [0.1, 0.15) is 21.6 Å². The molecule has 0 atom stereocenters. The van der Waals surface area contributed by atoms with Crippen LogP contribution >= 0.6 is 0 Å². The number of nitrogens with zero attached hydrogens (tertiary/aromatic N) is 2. The first-order chi connectivity index (χ1) is 20.4. The summed E-state index contributed by atoms with van der Waals surface area (Å²) in [6, 6.07) is 23.4. The molecule has 3 N–H and O–H groups in total. The number of benzene rings is 4. The van der Waals surface area contributed by atoms with Gasteiger partial charge in [0.25, 0.3) is 5.91 Å². The van der Waals surface area contributed by atoms with Crippen LogP contribution in [0, 0.1) is 5.82 Å². The third-order valence-corrected chi connectivity index (χ3v) is 7.78. The number of carbonyl (C=O) groups excluding carboxylic acids is 1. The molecule has 5 rings (SSSR count). The molecule has 0 spiro atoms. The van der Waals surface area contributed by atoms with Gasteiger partial charge in [-0.25, -0.2) is 17.5 Å². The summed E-state index contributed by atoms with van der Waals surface area (Å²) in [5.74, 6) is -1.98. The molecule has 1 aromatic heterocycles. The molecule has 4 aromatic carbocycles. The number of sulfone groups is 1. The van der Waals surface area contributed by atoms with E-state index in [1.165, 1.54) is 35.0 Å². The van der Waals surface area contributed by atoms with Crippen molar-refractivity contribution < 1.29 is 30.8 Å². The first kappa shape index (κ1) is 29.7. The maximum Gasteiger partial charge on any atom is 0.416 e. The Morgan fingerprint density at radius 2 is 1.60 bits per heavy atom. The topological polar surface area (TPSA) is 107 Å². The lowest BCUT2D eigenvalue weighted by atomic mass is 10.0. The summed E-state index contributed by atoms with van der Waals surface area (Å²) in [7, 11) is -4.08. The van der Waals surface area contributed by atoms with Crippen molar-refractivity contribution in [3.05, 3.63) is 120 Å². The van der Waals surface area contributed by atoms with Crippen molar-refractivity contribution in [2.75, 3.05) is 11.6 Å². The molecule has 0 aliphatic rings. The highest BCUT2D eigenvalue weighted by atomic mass is 32.2. The smallest absolute Gasteiger partial charge is 0.326 e. The van der Waals surface area contributed by atoms with Gasteiger partial charge in [0.1, 0.15) is 10.6 Å². The van der Waals surface area contributed by atoms with Crippen molar-refractivity contribution in [2.24, 2.45) is 5.73 Å². The Labute approximate surface area is 244 Å². The van der Waals surface area contributed by atoms with Gasteiger partial charge in [-0.15, -0.1) is 0 Å². The van der Waals surface area contributed by atoms with E-state index in [1.807, 2.05) is 0 Å². The predicted octanol–water partition coefficient (Wildman–Crippen LogP) is 6.48. The monoisotopic (exact) mass is 608 g/mol. The molecular formula is C31H24F4N4O3S. The first-order valence-electron chi connectivity index (χ1n) is 12.8. The van der Waals surface area contributed by atoms with E-state index < -0.39 is 38.2 Å². The third-order valence-electron chi connectivity index (χ3n) is 6.64. The van der Waals surface area contributed by atoms with Gasteiger partial charge >= 0.3 is 6.18 Å². The fourth-order valence-electron chi connectivity index (χ4n) is 4.57. The lowest BCUT2D eigenvalue weighted by molar-refractivity contribution is -0.137. The van der Waals surface area contributed by atoms with Gasteiger partial charge < -0.3 is 11.1 Å². The molecule has 0 bridgehead atoms. The Hall–Kier alpha value is -4.81. The zero-order chi connectivity index (χ0) is 30.9. The first-order valence-corrected chi connectivity index (χ1v) is 14.7. The number of rotatable bonds is 7. The van der Waals surface area contributed by atoms with Gasteiger partial charge in [-0.3, -0.25) is 4.79 Å². The van der Waals surface area contributed by atoms with Crippen LogP contribution in [0.2, 0.25) is 0 Å². The summed E-state index contributed by atoms with van der Waals surface area (Å²) in [5.41, 5.74) is 6.67. The molecule has 1 amide bonds. The Morgan fingerprint density at radius 3 is 2.23 bits per heavy atom. The molecule has 0 saturated heterocycles. The van der Waals surface area contributed by atoms with E-state index in [0.29, 0.717) is 16.8 Å². The number of nitrogens with one attached hydrogen (secondary N) is 1. The summed E-state index contributed by atoms with van der Waals surface area (Å²) >= 11 is 0. The van der Waals surface area contributed by atoms with Crippen molar-refractivity contribution in [3.8, 4) is 28.1 Å². The fourth-order valence-corrected chi connectivity index (χ4v) is 5.59. The molecule has 0 aliphatic heterocycles. The van der Waals surface area contributed by atoms with Gasteiger partial charge in [-0.2, -0.15) is 18.3 Å². The van der Waals surface area contributed by atoms with Crippen LogP contribution in [-0.4, -0.2) is 30.4 Å². The zero-order valence-electron chi connectivity index (χ0n) is 22.6. The normalized spacial score (nSPS) is 11.9. The van der Waals surface area contributed by atoms with Gasteiger partial charge in [0.05, 0.1) is 22.6 Å². The number of alkyl halides is 3. The molecule has 0 unspecified atom stereocenters. The second kappa shape index (κ2) is 11.5. The van der Waals surface area contributed by atoms with Gasteiger partial charge in [-0.1, -0.05) is 60.7 Å². The molecule has 0 radical (unpaired) electrons. The summed E-state index contributed by atoms with van der Waals surface area (Å²) in [5, 5.41) is 6.90. The largest absolute Gasteiger partial charge is 0.416 e. The Bertz CT molecular complexity index is 1920. The van der Waals surface area contributed by atoms with Crippen LogP contribution in [0.4, 0.5) is 23.2 Å². The maximum atomic E-state index is 15.8. The second-order valence-corrected chi connectivity index (χ2v) is 11.6. The van der Waals surface area contributed by atoms with E-state index in [4.69, 9.17) is 5.73 Å². The van der Waals surface area contributed by atoms with Crippen molar-refractivity contribution in [1.82, 2.24) is 9.78 Å². The fraction of sp³-hybridized carbons (Fsp3) is 0.0968. The van der Waals surface area contributed by atoms with E-state index in [2.05, 4.69) is 10.4 Å². The average Bonchev–Trinajstić information content (AvgIpc) is 3.43. The average molecular weight is 609 g/mol. The minimum atomic E-state index is -4.53. The molecule has 43 heavy (non-hydrogen) atoms. The van der Waals surface area contributed by atoms with Crippen molar-refractivity contribution >= 4 is 21.4 Å². The van der Waals surface area contributed by atoms with E-state index in [9.17, 15) is 26.4 Å². The van der Waals surface area contributed by atoms with Crippen LogP contribution in [0.3, 0.4) is 0 Å².